The Bertz CT molecular complexity index is 387. The van der Waals surface area contributed by atoms with Crippen LogP contribution in [0.25, 0.3) is 0 Å². The normalized spacial score (nSPS) is 16.7. The van der Waals surface area contributed by atoms with Crippen LogP contribution in [0.5, 0.6) is 0 Å². The Balaban J connectivity index is 0.00000200. The van der Waals surface area contributed by atoms with Crippen molar-refractivity contribution < 1.29 is 0 Å². The number of halogens is 3. The minimum atomic E-state index is 0. The van der Waals surface area contributed by atoms with Crippen molar-refractivity contribution in [3.05, 3.63) is 28.5 Å². The van der Waals surface area contributed by atoms with Gasteiger partial charge in [0.25, 0.3) is 0 Å². The molecule has 1 fully saturated rings. The van der Waals surface area contributed by atoms with E-state index in [0.29, 0.717) is 6.04 Å². The summed E-state index contributed by atoms with van der Waals surface area (Å²) in [6.45, 7) is 6.78. The SMILES string of the molecule is CCCCC[C@H](c1ccnc(Br)c1)N1CCNCC1.Cl.Cl. The van der Waals surface area contributed by atoms with E-state index in [1.807, 2.05) is 6.20 Å². The Morgan fingerprint density at radius 3 is 2.62 bits per heavy atom. The third-order valence-corrected chi connectivity index (χ3v) is 4.24. The van der Waals surface area contributed by atoms with Crippen LogP contribution < -0.4 is 5.32 Å². The van der Waals surface area contributed by atoms with Gasteiger partial charge in [0.1, 0.15) is 4.60 Å². The fourth-order valence-electron chi connectivity index (χ4n) is 2.77. The van der Waals surface area contributed by atoms with Crippen LogP contribution in [-0.4, -0.2) is 36.1 Å². The Morgan fingerprint density at radius 1 is 1.29 bits per heavy atom. The fraction of sp³-hybridized carbons (Fsp3) is 0.667. The smallest absolute Gasteiger partial charge is 0.106 e. The molecule has 21 heavy (non-hydrogen) atoms. The quantitative estimate of drug-likeness (QED) is 0.574. The average molecular weight is 399 g/mol. The number of pyridine rings is 1. The van der Waals surface area contributed by atoms with E-state index < -0.39 is 0 Å². The van der Waals surface area contributed by atoms with Crippen LogP contribution in [0.4, 0.5) is 0 Å². The lowest BCUT2D eigenvalue weighted by Crippen LogP contribution is -2.45. The third kappa shape index (κ3) is 6.83. The zero-order valence-electron chi connectivity index (χ0n) is 12.6. The molecule has 1 saturated heterocycles. The molecular weight excluding hydrogens is 373 g/mol. The van der Waals surface area contributed by atoms with Crippen LogP contribution in [0.3, 0.4) is 0 Å². The number of hydrogen-bond donors (Lipinski definition) is 1. The Morgan fingerprint density at radius 2 is 2.00 bits per heavy atom. The molecule has 3 nitrogen and oxygen atoms in total. The lowest BCUT2D eigenvalue weighted by Gasteiger charge is -2.35. The topological polar surface area (TPSA) is 28.2 Å². The Labute approximate surface area is 149 Å². The van der Waals surface area contributed by atoms with Crippen LogP contribution >= 0.6 is 40.7 Å². The molecular formula is C15H26BrCl2N3. The number of piperazine rings is 1. The first-order valence-electron chi connectivity index (χ1n) is 7.37. The van der Waals surface area contributed by atoms with Crippen molar-refractivity contribution in [2.75, 3.05) is 26.2 Å². The van der Waals surface area contributed by atoms with E-state index >= 15 is 0 Å². The van der Waals surface area contributed by atoms with Gasteiger partial charge in [-0.2, -0.15) is 0 Å². The maximum atomic E-state index is 4.25. The lowest BCUT2D eigenvalue weighted by molar-refractivity contribution is 0.162. The zero-order valence-corrected chi connectivity index (χ0v) is 15.8. The highest BCUT2D eigenvalue weighted by Crippen LogP contribution is 2.28. The summed E-state index contributed by atoms with van der Waals surface area (Å²) in [4.78, 5) is 6.87. The van der Waals surface area contributed by atoms with Crippen molar-refractivity contribution in [1.82, 2.24) is 15.2 Å². The van der Waals surface area contributed by atoms with Gasteiger partial charge in [0.05, 0.1) is 0 Å². The molecule has 0 spiro atoms. The van der Waals surface area contributed by atoms with Gasteiger partial charge in [0.2, 0.25) is 0 Å². The van der Waals surface area contributed by atoms with E-state index in [4.69, 9.17) is 0 Å². The van der Waals surface area contributed by atoms with Crippen LogP contribution in [-0.2, 0) is 0 Å². The van der Waals surface area contributed by atoms with Crippen LogP contribution in [0.2, 0.25) is 0 Å². The van der Waals surface area contributed by atoms with E-state index in [0.717, 1.165) is 30.8 Å². The third-order valence-electron chi connectivity index (χ3n) is 3.81. The highest BCUT2D eigenvalue weighted by Gasteiger charge is 2.21. The summed E-state index contributed by atoms with van der Waals surface area (Å²) in [6, 6.07) is 4.90. The van der Waals surface area contributed by atoms with Crippen LogP contribution in [0, 0.1) is 0 Å². The van der Waals surface area contributed by atoms with Crippen LogP contribution in [0.1, 0.15) is 44.2 Å². The van der Waals surface area contributed by atoms with E-state index in [1.54, 1.807) is 0 Å². The molecule has 0 bridgehead atoms. The molecule has 2 heterocycles. The minimum absolute atomic E-state index is 0. The van der Waals surface area contributed by atoms with E-state index in [9.17, 15) is 0 Å². The summed E-state index contributed by atoms with van der Waals surface area (Å²) in [7, 11) is 0. The maximum Gasteiger partial charge on any atom is 0.106 e. The second-order valence-electron chi connectivity index (χ2n) is 5.21. The number of rotatable bonds is 6. The number of hydrogen-bond acceptors (Lipinski definition) is 3. The van der Waals surface area contributed by atoms with Crippen molar-refractivity contribution >= 4 is 40.7 Å². The summed E-state index contributed by atoms with van der Waals surface area (Å²) in [5, 5.41) is 3.44. The van der Waals surface area contributed by atoms with Crippen LogP contribution in [0.15, 0.2) is 22.9 Å². The van der Waals surface area contributed by atoms with Crippen molar-refractivity contribution in [1.29, 1.82) is 0 Å². The number of unbranched alkanes of at least 4 members (excludes halogenated alkanes) is 2. The summed E-state index contributed by atoms with van der Waals surface area (Å²) in [5.74, 6) is 0. The number of nitrogens with one attached hydrogen (secondary N) is 1. The standard InChI is InChI=1S/C15H24BrN3.2ClH/c1-2-3-4-5-14(19-10-8-17-9-11-19)13-6-7-18-15(16)12-13;;/h6-7,12,14,17H,2-5,8-11H2,1H3;2*1H/t14-;;/m1../s1. The predicted octanol–water partition coefficient (Wildman–Crippen LogP) is 4.21. The van der Waals surface area contributed by atoms with Gasteiger partial charge in [-0.1, -0.05) is 26.2 Å². The first kappa shape index (κ1) is 21.1. The maximum absolute atomic E-state index is 4.25. The van der Waals surface area contributed by atoms with Crippen molar-refractivity contribution in [2.45, 2.75) is 38.6 Å². The van der Waals surface area contributed by atoms with E-state index in [2.05, 4.69) is 50.2 Å². The monoisotopic (exact) mass is 397 g/mol. The molecule has 1 aliphatic rings. The first-order chi connectivity index (χ1) is 9.31. The molecule has 1 aromatic rings. The van der Waals surface area contributed by atoms with Gasteiger partial charge in [-0.15, -0.1) is 24.8 Å². The first-order valence-corrected chi connectivity index (χ1v) is 8.16. The van der Waals surface area contributed by atoms with Crippen molar-refractivity contribution in [2.24, 2.45) is 0 Å². The van der Waals surface area contributed by atoms with E-state index in [1.165, 1.54) is 31.2 Å². The lowest BCUT2D eigenvalue weighted by atomic mass is 9.99. The van der Waals surface area contributed by atoms with Crippen molar-refractivity contribution in [3.8, 4) is 0 Å². The molecule has 1 N–H and O–H groups in total. The summed E-state index contributed by atoms with van der Waals surface area (Å²) in [6.07, 6.45) is 7.09. The number of aromatic nitrogens is 1. The fourth-order valence-corrected chi connectivity index (χ4v) is 3.15. The summed E-state index contributed by atoms with van der Waals surface area (Å²) < 4.78 is 0.945. The molecule has 0 saturated carbocycles. The molecule has 122 valence electrons. The van der Waals surface area contributed by atoms with Gasteiger partial charge >= 0.3 is 0 Å². The molecule has 0 radical (unpaired) electrons. The molecule has 6 heteroatoms. The van der Waals surface area contributed by atoms with Gasteiger partial charge in [0.15, 0.2) is 0 Å². The summed E-state index contributed by atoms with van der Waals surface area (Å²) >= 11 is 3.49. The molecule has 0 aromatic carbocycles. The second kappa shape index (κ2) is 11.7. The molecule has 2 rings (SSSR count). The molecule has 0 amide bonds. The van der Waals surface area contributed by atoms with Crippen molar-refractivity contribution in [3.63, 3.8) is 0 Å². The van der Waals surface area contributed by atoms with Gasteiger partial charge < -0.3 is 5.32 Å². The summed E-state index contributed by atoms with van der Waals surface area (Å²) in [5.41, 5.74) is 1.40. The largest absolute Gasteiger partial charge is 0.314 e. The van der Waals surface area contributed by atoms with E-state index in [-0.39, 0.29) is 24.8 Å². The predicted molar refractivity (Wildman–Crippen MR) is 97.8 cm³/mol. The highest BCUT2D eigenvalue weighted by atomic mass is 79.9. The Hall–Kier alpha value is 0.130. The number of nitrogens with zero attached hydrogens (tertiary/aromatic N) is 2. The molecule has 0 unspecified atom stereocenters. The molecule has 1 atom stereocenters. The van der Waals surface area contributed by atoms with Gasteiger partial charge in [0, 0.05) is 38.4 Å². The molecule has 1 aliphatic heterocycles. The van der Waals surface area contributed by atoms with Gasteiger partial charge in [-0.25, -0.2) is 4.98 Å². The zero-order chi connectivity index (χ0) is 13.5. The minimum Gasteiger partial charge on any atom is -0.314 e. The second-order valence-corrected chi connectivity index (χ2v) is 6.02. The molecule has 1 aromatic heterocycles. The molecule has 0 aliphatic carbocycles. The van der Waals surface area contributed by atoms with Gasteiger partial charge in [-0.05, 0) is 40.0 Å². The highest BCUT2D eigenvalue weighted by molar-refractivity contribution is 9.10. The Kier molecular flexibility index (Phi) is 11.7. The van der Waals surface area contributed by atoms with Gasteiger partial charge in [-0.3, -0.25) is 4.90 Å². The average Bonchev–Trinajstić information content (AvgIpc) is 2.45.